The van der Waals surface area contributed by atoms with Crippen molar-refractivity contribution >= 4 is 15.7 Å². The molecule has 0 fully saturated rings. The number of pyridine rings is 1. The van der Waals surface area contributed by atoms with E-state index in [9.17, 15) is 18.5 Å². The molecule has 0 N–H and O–H groups in total. The lowest BCUT2D eigenvalue weighted by atomic mass is 9.91. The predicted octanol–water partition coefficient (Wildman–Crippen LogP) is 3.33. The molecule has 0 saturated heterocycles. The van der Waals surface area contributed by atoms with Crippen LogP contribution >= 0.6 is 0 Å². The molecule has 1 aliphatic heterocycles. The van der Waals surface area contributed by atoms with Crippen LogP contribution in [0.5, 0.6) is 0 Å². The van der Waals surface area contributed by atoms with E-state index in [4.69, 9.17) is 0 Å². The van der Waals surface area contributed by atoms with Gasteiger partial charge in [-0.05, 0) is 35.2 Å². The molecule has 1 aromatic heterocycles. The van der Waals surface area contributed by atoms with Crippen molar-refractivity contribution in [2.75, 3.05) is 6.54 Å². The number of hydrogen-bond acceptors (Lipinski definition) is 5. The minimum absolute atomic E-state index is 0.0880. The molecule has 0 amide bonds. The summed E-state index contributed by atoms with van der Waals surface area (Å²) in [5.74, 6) is 0. The fraction of sp³-hybridized carbons (Fsp3) is 0.150. The third-order valence-corrected chi connectivity index (χ3v) is 6.73. The first-order valence-corrected chi connectivity index (χ1v) is 10.2. The highest BCUT2D eigenvalue weighted by atomic mass is 32.2. The van der Waals surface area contributed by atoms with E-state index in [1.54, 1.807) is 18.5 Å². The SMILES string of the molecule is O=[N+]([O-])c1cccc(S(=O)(=O)N2CCc3ccccc3C2c2cccnc2)c1. The molecule has 0 spiro atoms. The second-order valence-corrected chi connectivity index (χ2v) is 8.40. The van der Waals surface area contributed by atoms with E-state index in [1.165, 1.54) is 22.5 Å². The molecule has 1 atom stereocenters. The molecule has 1 unspecified atom stereocenters. The first-order chi connectivity index (χ1) is 13.5. The van der Waals surface area contributed by atoms with Crippen LogP contribution in [0.4, 0.5) is 5.69 Å². The third kappa shape index (κ3) is 3.17. The van der Waals surface area contributed by atoms with E-state index >= 15 is 0 Å². The molecule has 4 rings (SSSR count). The maximum absolute atomic E-state index is 13.4. The zero-order chi connectivity index (χ0) is 19.7. The van der Waals surface area contributed by atoms with Gasteiger partial charge in [0.05, 0.1) is 15.9 Å². The van der Waals surface area contributed by atoms with Gasteiger partial charge in [-0.2, -0.15) is 4.31 Å². The van der Waals surface area contributed by atoms with Gasteiger partial charge in [0.2, 0.25) is 10.0 Å². The van der Waals surface area contributed by atoms with Gasteiger partial charge in [-0.25, -0.2) is 8.42 Å². The summed E-state index contributed by atoms with van der Waals surface area (Å²) >= 11 is 0. The average Bonchev–Trinajstić information content (AvgIpc) is 2.73. The Bertz CT molecular complexity index is 1130. The Morgan fingerprint density at radius 3 is 2.64 bits per heavy atom. The first-order valence-electron chi connectivity index (χ1n) is 8.72. The number of rotatable bonds is 4. The Morgan fingerprint density at radius 2 is 1.89 bits per heavy atom. The Balaban J connectivity index is 1.86. The largest absolute Gasteiger partial charge is 0.270 e. The van der Waals surface area contributed by atoms with E-state index < -0.39 is 21.0 Å². The summed E-state index contributed by atoms with van der Waals surface area (Å²) in [6.07, 6.45) is 3.86. The molecular formula is C20H17N3O4S. The molecule has 0 saturated carbocycles. The molecule has 0 radical (unpaired) electrons. The first kappa shape index (κ1) is 18.3. The van der Waals surface area contributed by atoms with Crippen molar-refractivity contribution in [3.8, 4) is 0 Å². The van der Waals surface area contributed by atoms with E-state index in [0.717, 1.165) is 22.8 Å². The van der Waals surface area contributed by atoms with E-state index in [-0.39, 0.29) is 17.1 Å². The highest BCUT2D eigenvalue weighted by Crippen LogP contribution is 2.38. The van der Waals surface area contributed by atoms with Crippen molar-refractivity contribution < 1.29 is 13.3 Å². The molecule has 7 nitrogen and oxygen atoms in total. The number of non-ortho nitro benzene ring substituents is 1. The molecule has 0 bridgehead atoms. The van der Waals surface area contributed by atoms with E-state index in [1.807, 2.05) is 30.3 Å². The van der Waals surface area contributed by atoms with Gasteiger partial charge >= 0.3 is 0 Å². The zero-order valence-electron chi connectivity index (χ0n) is 14.8. The van der Waals surface area contributed by atoms with Crippen LogP contribution in [0.2, 0.25) is 0 Å². The van der Waals surface area contributed by atoms with Crippen LogP contribution in [-0.4, -0.2) is 29.2 Å². The number of nitro groups is 1. The van der Waals surface area contributed by atoms with Gasteiger partial charge in [-0.1, -0.05) is 36.4 Å². The van der Waals surface area contributed by atoms with Gasteiger partial charge in [-0.3, -0.25) is 15.1 Å². The summed E-state index contributed by atoms with van der Waals surface area (Å²) in [4.78, 5) is 14.6. The summed E-state index contributed by atoms with van der Waals surface area (Å²) in [6, 6.07) is 16.0. The van der Waals surface area contributed by atoms with Gasteiger partial charge < -0.3 is 0 Å². The van der Waals surface area contributed by atoms with Crippen molar-refractivity contribution in [2.24, 2.45) is 0 Å². The predicted molar refractivity (Wildman–Crippen MR) is 103 cm³/mol. The molecule has 0 aliphatic carbocycles. The van der Waals surface area contributed by atoms with Crippen LogP contribution in [0, 0.1) is 10.1 Å². The van der Waals surface area contributed by atoms with Gasteiger partial charge in [-0.15, -0.1) is 0 Å². The number of sulfonamides is 1. The van der Waals surface area contributed by atoms with Crippen molar-refractivity contribution in [3.05, 3.63) is 99.9 Å². The summed E-state index contributed by atoms with van der Waals surface area (Å²) in [5.41, 5.74) is 2.48. The Kier molecular flexibility index (Phi) is 4.66. The molecular weight excluding hydrogens is 378 g/mol. The van der Waals surface area contributed by atoms with Crippen LogP contribution in [0.15, 0.2) is 78.0 Å². The molecule has 3 aromatic rings. The molecule has 28 heavy (non-hydrogen) atoms. The maximum Gasteiger partial charge on any atom is 0.270 e. The minimum Gasteiger partial charge on any atom is -0.264 e. The Labute approximate surface area is 162 Å². The quantitative estimate of drug-likeness (QED) is 0.499. The van der Waals surface area contributed by atoms with Crippen molar-refractivity contribution in [1.82, 2.24) is 9.29 Å². The molecule has 1 aliphatic rings. The number of aromatic nitrogens is 1. The Hall–Kier alpha value is -3.10. The van der Waals surface area contributed by atoms with Crippen LogP contribution in [0.1, 0.15) is 22.7 Å². The summed E-state index contributed by atoms with van der Waals surface area (Å²) in [6.45, 7) is 0.279. The standard InChI is InChI=1S/C20H17N3O4S/c24-23(25)17-7-3-8-18(13-17)28(26,27)22-12-10-15-5-1-2-9-19(15)20(22)16-6-4-11-21-14-16/h1-9,11,13-14,20H,10,12H2. The fourth-order valence-corrected chi connectivity index (χ4v) is 5.21. The average molecular weight is 395 g/mol. The van der Waals surface area contributed by atoms with E-state index in [0.29, 0.717) is 6.42 Å². The highest BCUT2D eigenvalue weighted by molar-refractivity contribution is 7.89. The molecule has 2 heterocycles. The molecule has 8 heteroatoms. The number of fused-ring (bicyclic) bond motifs is 1. The molecule has 142 valence electrons. The van der Waals surface area contributed by atoms with Gasteiger partial charge in [0, 0.05) is 31.1 Å². The minimum atomic E-state index is -3.96. The second kappa shape index (κ2) is 7.14. The zero-order valence-corrected chi connectivity index (χ0v) is 15.6. The topological polar surface area (TPSA) is 93.4 Å². The van der Waals surface area contributed by atoms with Crippen molar-refractivity contribution in [2.45, 2.75) is 17.4 Å². The highest BCUT2D eigenvalue weighted by Gasteiger charge is 2.37. The molecule has 2 aromatic carbocycles. The van der Waals surface area contributed by atoms with Crippen LogP contribution < -0.4 is 0 Å². The van der Waals surface area contributed by atoms with Crippen molar-refractivity contribution in [1.29, 1.82) is 0 Å². The van der Waals surface area contributed by atoms with Gasteiger partial charge in [0.1, 0.15) is 0 Å². The number of nitro benzene ring substituents is 1. The number of hydrogen-bond donors (Lipinski definition) is 0. The number of benzene rings is 2. The third-order valence-electron chi connectivity index (χ3n) is 4.87. The van der Waals surface area contributed by atoms with Crippen LogP contribution in [-0.2, 0) is 16.4 Å². The van der Waals surface area contributed by atoms with Crippen LogP contribution in [0.25, 0.3) is 0 Å². The maximum atomic E-state index is 13.4. The van der Waals surface area contributed by atoms with Crippen LogP contribution in [0.3, 0.4) is 0 Å². The summed E-state index contributed by atoms with van der Waals surface area (Å²) in [7, 11) is -3.96. The summed E-state index contributed by atoms with van der Waals surface area (Å²) < 4.78 is 28.3. The normalized spacial score (nSPS) is 17.1. The summed E-state index contributed by atoms with van der Waals surface area (Å²) in [5, 5.41) is 11.1. The monoisotopic (exact) mass is 395 g/mol. The lowest BCUT2D eigenvalue weighted by molar-refractivity contribution is -0.385. The lowest BCUT2D eigenvalue weighted by Gasteiger charge is -2.36. The van der Waals surface area contributed by atoms with Crippen molar-refractivity contribution in [3.63, 3.8) is 0 Å². The number of nitrogens with zero attached hydrogens (tertiary/aromatic N) is 3. The van der Waals surface area contributed by atoms with E-state index in [2.05, 4.69) is 4.98 Å². The van der Waals surface area contributed by atoms with Gasteiger partial charge in [0.25, 0.3) is 5.69 Å². The fourth-order valence-electron chi connectivity index (χ4n) is 3.58. The Morgan fingerprint density at radius 1 is 1.07 bits per heavy atom. The van der Waals surface area contributed by atoms with Gasteiger partial charge in [0.15, 0.2) is 0 Å². The second-order valence-electron chi connectivity index (χ2n) is 6.51. The lowest BCUT2D eigenvalue weighted by Crippen LogP contribution is -2.40. The smallest absolute Gasteiger partial charge is 0.264 e.